The summed E-state index contributed by atoms with van der Waals surface area (Å²) in [4.78, 5) is 26.0. The topological polar surface area (TPSA) is 37.4 Å². The molecule has 0 radical (unpaired) electrons. The number of hydrogen-bond acceptors (Lipinski definition) is 2. The largest absolute Gasteiger partial charge is 0.342 e. The molecule has 2 rings (SSSR count). The first-order valence-corrected chi connectivity index (χ1v) is 9.26. The lowest BCUT2D eigenvalue weighted by Crippen LogP contribution is -2.28. The Morgan fingerprint density at radius 2 is 1.50 bits per heavy atom. The van der Waals surface area contributed by atoms with E-state index in [0.717, 1.165) is 23.1 Å². The van der Waals surface area contributed by atoms with Crippen LogP contribution in [0.5, 0.6) is 0 Å². The first-order valence-electron chi connectivity index (χ1n) is 9.26. The van der Waals surface area contributed by atoms with Crippen molar-refractivity contribution in [3.63, 3.8) is 0 Å². The van der Waals surface area contributed by atoms with E-state index >= 15 is 0 Å². The highest BCUT2D eigenvalue weighted by molar-refractivity contribution is 5.94. The van der Waals surface area contributed by atoms with Crippen molar-refractivity contribution in [2.75, 3.05) is 13.6 Å². The van der Waals surface area contributed by atoms with Crippen LogP contribution >= 0.6 is 0 Å². The Hall–Kier alpha value is -2.42. The van der Waals surface area contributed by atoms with Gasteiger partial charge in [0.1, 0.15) is 0 Å². The van der Waals surface area contributed by atoms with Crippen LogP contribution < -0.4 is 0 Å². The molecular formula is C23H29NO2. The Labute approximate surface area is 157 Å². The second-order valence-corrected chi connectivity index (χ2v) is 7.38. The van der Waals surface area contributed by atoms with Gasteiger partial charge in [-0.1, -0.05) is 51.1 Å². The average molecular weight is 351 g/mol. The van der Waals surface area contributed by atoms with Crippen molar-refractivity contribution in [1.29, 1.82) is 0 Å². The van der Waals surface area contributed by atoms with E-state index in [1.54, 1.807) is 11.8 Å². The third-order valence-corrected chi connectivity index (χ3v) is 4.91. The number of carbonyl (C=O) groups excluding carboxylic acids is 2. The van der Waals surface area contributed by atoms with Crippen LogP contribution in [-0.2, 0) is 0 Å². The van der Waals surface area contributed by atoms with E-state index in [9.17, 15) is 9.59 Å². The fraction of sp³-hybridized carbons (Fsp3) is 0.391. The Kier molecular flexibility index (Phi) is 6.73. The van der Waals surface area contributed by atoms with Gasteiger partial charge in [-0.25, -0.2) is 0 Å². The van der Waals surface area contributed by atoms with E-state index in [1.807, 2.05) is 49.5 Å². The second-order valence-electron chi connectivity index (χ2n) is 7.38. The summed E-state index contributed by atoms with van der Waals surface area (Å²) in [5, 5.41) is 0. The fourth-order valence-corrected chi connectivity index (χ4v) is 2.97. The van der Waals surface area contributed by atoms with Crippen LogP contribution in [0.25, 0.3) is 0 Å². The number of Topliss-reactive ketones (excluding diaryl/α,β-unsaturated/α-hetero) is 1. The highest BCUT2D eigenvalue weighted by Crippen LogP contribution is 2.21. The van der Waals surface area contributed by atoms with Gasteiger partial charge in [-0.2, -0.15) is 0 Å². The summed E-state index contributed by atoms with van der Waals surface area (Å²) in [5.74, 6) is 0.821. The molecule has 0 aliphatic rings. The normalized spacial score (nSPS) is 12.1. The minimum Gasteiger partial charge on any atom is -0.342 e. The molecule has 138 valence electrons. The quantitative estimate of drug-likeness (QED) is 0.637. The summed E-state index contributed by atoms with van der Waals surface area (Å²) >= 11 is 0. The summed E-state index contributed by atoms with van der Waals surface area (Å²) in [5.41, 5.74) is 3.80. The zero-order valence-electron chi connectivity index (χ0n) is 16.5. The lowest BCUT2D eigenvalue weighted by atomic mass is 9.95. The number of nitrogens with zero attached hydrogens (tertiary/aromatic N) is 1. The molecule has 2 aromatic rings. The van der Waals surface area contributed by atoms with E-state index < -0.39 is 0 Å². The first kappa shape index (κ1) is 19.9. The zero-order valence-corrected chi connectivity index (χ0v) is 16.5. The molecule has 3 nitrogen and oxygen atoms in total. The van der Waals surface area contributed by atoms with E-state index in [4.69, 9.17) is 0 Å². The van der Waals surface area contributed by atoms with Gasteiger partial charge in [0.15, 0.2) is 5.78 Å². The lowest BCUT2D eigenvalue weighted by Gasteiger charge is -2.21. The predicted molar refractivity (Wildman–Crippen MR) is 107 cm³/mol. The van der Waals surface area contributed by atoms with Gasteiger partial charge in [-0.3, -0.25) is 9.59 Å². The van der Waals surface area contributed by atoms with Crippen LogP contribution in [0.3, 0.4) is 0 Å². The summed E-state index contributed by atoms with van der Waals surface area (Å²) < 4.78 is 0. The SMILES string of the molecule is CC(=O)c1cccc(C(C)CCN(C)C(=O)c2cccc(C(C)C)c2)c1. The molecule has 0 spiro atoms. The molecule has 0 aliphatic carbocycles. The smallest absolute Gasteiger partial charge is 0.253 e. The number of carbonyl (C=O) groups is 2. The Morgan fingerprint density at radius 1 is 0.923 bits per heavy atom. The predicted octanol–water partition coefficient (Wildman–Crippen LogP) is 5.28. The Balaban J connectivity index is 2.00. The fourth-order valence-electron chi connectivity index (χ4n) is 2.97. The molecule has 0 N–H and O–H groups in total. The molecule has 0 aromatic heterocycles. The first-order chi connectivity index (χ1) is 12.3. The van der Waals surface area contributed by atoms with Crippen molar-refractivity contribution in [2.24, 2.45) is 0 Å². The second kappa shape index (κ2) is 8.79. The number of benzene rings is 2. The molecule has 3 heteroatoms. The van der Waals surface area contributed by atoms with Gasteiger partial charge >= 0.3 is 0 Å². The van der Waals surface area contributed by atoms with Gasteiger partial charge in [0, 0.05) is 24.7 Å². The van der Waals surface area contributed by atoms with E-state index in [0.29, 0.717) is 12.5 Å². The zero-order chi connectivity index (χ0) is 19.3. The molecule has 26 heavy (non-hydrogen) atoms. The average Bonchev–Trinajstić information content (AvgIpc) is 2.65. The molecule has 1 unspecified atom stereocenters. The third kappa shape index (κ3) is 5.04. The van der Waals surface area contributed by atoms with Crippen LogP contribution in [-0.4, -0.2) is 30.2 Å². The molecule has 1 amide bonds. The number of rotatable bonds is 7. The lowest BCUT2D eigenvalue weighted by molar-refractivity contribution is 0.0791. The van der Waals surface area contributed by atoms with E-state index in [2.05, 4.69) is 26.8 Å². The van der Waals surface area contributed by atoms with Gasteiger partial charge in [0.05, 0.1) is 0 Å². The highest BCUT2D eigenvalue weighted by Gasteiger charge is 2.15. The van der Waals surface area contributed by atoms with Crippen molar-refractivity contribution in [2.45, 2.75) is 46.0 Å². The maximum Gasteiger partial charge on any atom is 0.253 e. The van der Waals surface area contributed by atoms with Crippen LogP contribution in [0, 0.1) is 0 Å². The van der Waals surface area contributed by atoms with Crippen molar-refractivity contribution in [1.82, 2.24) is 4.90 Å². The monoisotopic (exact) mass is 351 g/mol. The minimum atomic E-state index is 0.0530. The molecule has 0 saturated carbocycles. The van der Waals surface area contributed by atoms with Crippen LogP contribution in [0.4, 0.5) is 0 Å². The molecule has 0 bridgehead atoms. The number of hydrogen-bond donors (Lipinski definition) is 0. The summed E-state index contributed by atoms with van der Waals surface area (Å²) in [6.07, 6.45) is 0.855. The highest BCUT2D eigenvalue weighted by atomic mass is 16.2. The van der Waals surface area contributed by atoms with Crippen molar-refractivity contribution in [3.8, 4) is 0 Å². The molecule has 0 aliphatic heterocycles. The maximum atomic E-state index is 12.7. The summed E-state index contributed by atoms with van der Waals surface area (Å²) in [7, 11) is 1.85. The Morgan fingerprint density at radius 3 is 2.12 bits per heavy atom. The minimum absolute atomic E-state index is 0.0530. The third-order valence-electron chi connectivity index (χ3n) is 4.91. The summed E-state index contributed by atoms with van der Waals surface area (Å²) in [6.45, 7) is 8.66. The van der Waals surface area contributed by atoms with Crippen molar-refractivity contribution < 1.29 is 9.59 Å². The van der Waals surface area contributed by atoms with Gasteiger partial charge < -0.3 is 4.90 Å². The van der Waals surface area contributed by atoms with E-state index in [1.165, 1.54) is 5.56 Å². The van der Waals surface area contributed by atoms with Gasteiger partial charge in [-0.15, -0.1) is 0 Å². The van der Waals surface area contributed by atoms with E-state index in [-0.39, 0.29) is 17.6 Å². The molecule has 2 aromatic carbocycles. The van der Waals surface area contributed by atoms with Crippen molar-refractivity contribution in [3.05, 3.63) is 70.8 Å². The van der Waals surface area contributed by atoms with Gasteiger partial charge in [-0.05, 0) is 54.5 Å². The van der Waals surface area contributed by atoms with Gasteiger partial charge in [0.2, 0.25) is 0 Å². The van der Waals surface area contributed by atoms with Crippen LogP contribution in [0.2, 0.25) is 0 Å². The molecule has 0 fully saturated rings. The standard InChI is InChI=1S/C23H29NO2/c1-16(2)19-8-6-11-22(14-19)23(26)24(5)13-12-17(3)20-9-7-10-21(15-20)18(4)25/h6-11,14-17H,12-13H2,1-5H3. The molecule has 1 atom stereocenters. The van der Waals surface area contributed by atoms with Crippen molar-refractivity contribution >= 4 is 11.7 Å². The number of amides is 1. The maximum absolute atomic E-state index is 12.7. The van der Waals surface area contributed by atoms with Gasteiger partial charge in [0.25, 0.3) is 5.91 Å². The number of ketones is 1. The Bertz CT molecular complexity index is 779. The summed E-state index contributed by atoms with van der Waals surface area (Å²) in [6, 6.07) is 15.7. The molecule has 0 heterocycles. The molecular weight excluding hydrogens is 322 g/mol. The van der Waals surface area contributed by atoms with Crippen LogP contribution in [0.1, 0.15) is 77.8 Å². The van der Waals surface area contributed by atoms with Crippen LogP contribution in [0.15, 0.2) is 48.5 Å². The molecule has 0 saturated heterocycles.